The Kier molecular flexibility index (Phi) is 3.80. The quantitative estimate of drug-likeness (QED) is 0.939. The molecule has 0 aliphatic rings. The molecule has 6 heteroatoms. The van der Waals surface area contributed by atoms with Gasteiger partial charge in [-0.1, -0.05) is 6.07 Å². The maximum atomic E-state index is 13.2. The molecule has 0 fully saturated rings. The summed E-state index contributed by atoms with van der Waals surface area (Å²) in [5.74, 6) is -0.878. The van der Waals surface area contributed by atoms with Crippen LogP contribution in [0.5, 0.6) is 0 Å². The fourth-order valence-electron chi connectivity index (χ4n) is 1.71. The lowest BCUT2D eigenvalue weighted by atomic mass is 10.2. The Labute approximate surface area is 114 Å². The monoisotopic (exact) mass is 279 g/mol. The van der Waals surface area contributed by atoms with Gasteiger partial charge in [0, 0.05) is 11.9 Å². The van der Waals surface area contributed by atoms with Crippen molar-refractivity contribution >= 4 is 23.1 Å². The molecule has 19 heavy (non-hydrogen) atoms. The highest BCUT2D eigenvalue weighted by Crippen LogP contribution is 2.25. The molecule has 2 N–H and O–H groups in total. The number of aromatic nitrogens is 1. The van der Waals surface area contributed by atoms with Gasteiger partial charge in [0.25, 0.3) is 5.91 Å². The van der Waals surface area contributed by atoms with Crippen molar-refractivity contribution in [1.29, 1.82) is 0 Å². The Morgan fingerprint density at radius 1 is 1.58 bits per heavy atom. The molecule has 1 atom stereocenters. The van der Waals surface area contributed by atoms with Crippen molar-refractivity contribution in [1.82, 2.24) is 9.88 Å². The van der Waals surface area contributed by atoms with Gasteiger partial charge in [0.05, 0.1) is 17.8 Å². The number of carbonyl (C=O) groups is 1. The second kappa shape index (κ2) is 5.36. The number of thiophene rings is 1. The first kappa shape index (κ1) is 13.5. The van der Waals surface area contributed by atoms with E-state index in [1.54, 1.807) is 18.4 Å². The number of hydrogen-bond donors (Lipinski definition) is 1. The molecule has 2 rings (SSSR count). The van der Waals surface area contributed by atoms with Crippen LogP contribution in [0, 0.1) is 5.82 Å². The number of carbonyl (C=O) groups excluding carboxylic acids is 1. The zero-order valence-corrected chi connectivity index (χ0v) is 11.4. The predicted molar refractivity (Wildman–Crippen MR) is 73.4 cm³/mol. The molecule has 0 aromatic carbocycles. The van der Waals surface area contributed by atoms with Gasteiger partial charge in [-0.25, -0.2) is 9.37 Å². The van der Waals surface area contributed by atoms with Crippen LogP contribution in [0.4, 0.5) is 10.2 Å². The number of amides is 1. The third kappa shape index (κ3) is 2.73. The van der Waals surface area contributed by atoms with Crippen LogP contribution < -0.4 is 5.73 Å². The average molecular weight is 279 g/mol. The summed E-state index contributed by atoms with van der Waals surface area (Å²) < 4.78 is 13.2. The molecule has 2 aromatic rings. The highest BCUT2D eigenvalue weighted by atomic mass is 32.1. The van der Waals surface area contributed by atoms with E-state index in [9.17, 15) is 9.18 Å². The second-order valence-electron chi connectivity index (χ2n) is 4.19. The van der Waals surface area contributed by atoms with Crippen LogP contribution in [0.15, 0.2) is 29.8 Å². The highest BCUT2D eigenvalue weighted by Gasteiger charge is 2.22. The summed E-state index contributed by atoms with van der Waals surface area (Å²) in [5, 5.41) is 1.95. The molecule has 0 saturated heterocycles. The third-order valence-corrected chi connectivity index (χ3v) is 4.01. The van der Waals surface area contributed by atoms with Crippen molar-refractivity contribution in [3.63, 3.8) is 0 Å². The summed E-state index contributed by atoms with van der Waals surface area (Å²) in [6, 6.07) is 4.89. The summed E-state index contributed by atoms with van der Waals surface area (Å²) in [7, 11) is 1.66. The molecule has 0 saturated carbocycles. The number of nitrogen functional groups attached to an aromatic ring is 1. The Bertz CT molecular complexity index is 586. The molecule has 0 aliphatic heterocycles. The van der Waals surface area contributed by atoms with Gasteiger partial charge in [0.15, 0.2) is 0 Å². The van der Waals surface area contributed by atoms with Crippen molar-refractivity contribution in [2.45, 2.75) is 13.0 Å². The molecule has 100 valence electrons. The van der Waals surface area contributed by atoms with Crippen LogP contribution in [-0.4, -0.2) is 22.8 Å². The first-order chi connectivity index (χ1) is 9.00. The van der Waals surface area contributed by atoms with Gasteiger partial charge in [0.2, 0.25) is 0 Å². The minimum atomic E-state index is -0.574. The Morgan fingerprint density at radius 3 is 2.95 bits per heavy atom. The van der Waals surface area contributed by atoms with Crippen molar-refractivity contribution in [2.75, 3.05) is 12.8 Å². The number of pyridine rings is 1. The van der Waals surface area contributed by atoms with Gasteiger partial charge in [-0.3, -0.25) is 4.79 Å². The van der Waals surface area contributed by atoms with E-state index in [1.807, 2.05) is 24.4 Å². The smallest absolute Gasteiger partial charge is 0.257 e. The van der Waals surface area contributed by atoms with Crippen LogP contribution in [0.2, 0.25) is 0 Å². The van der Waals surface area contributed by atoms with Crippen LogP contribution in [-0.2, 0) is 0 Å². The van der Waals surface area contributed by atoms with Gasteiger partial charge < -0.3 is 10.6 Å². The van der Waals surface area contributed by atoms with Crippen LogP contribution in [0.3, 0.4) is 0 Å². The van der Waals surface area contributed by atoms with Gasteiger partial charge in [0.1, 0.15) is 11.6 Å². The normalized spacial score (nSPS) is 12.2. The molecule has 0 radical (unpaired) electrons. The van der Waals surface area contributed by atoms with E-state index in [-0.39, 0.29) is 23.3 Å². The van der Waals surface area contributed by atoms with Crippen molar-refractivity contribution in [2.24, 2.45) is 0 Å². The number of hydrogen-bond acceptors (Lipinski definition) is 4. The van der Waals surface area contributed by atoms with Gasteiger partial charge >= 0.3 is 0 Å². The molecular formula is C13H14FN3OS. The molecular weight excluding hydrogens is 265 g/mol. The Hall–Kier alpha value is -1.95. The number of nitrogens with zero attached hydrogens (tertiary/aromatic N) is 2. The molecule has 1 unspecified atom stereocenters. The SMILES string of the molecule is CC(c1cccs1)N(C)C(=O)c1cc(F)cnc1N. The molecule has 0 aliphatic carbocycles. The highest BCUT2D eigenvalue weighted by molar-refractivity contribution is 7.10. The average Bonchev–Trinajstić information content (AvgIpc) is 2.93. The number of nitrogens with two attached hydrogens (primary N) is 1. The minimum absolute atomic E-state index is 0.0385. The fraction of sp³-hybridized carbons (Fsp3) is 0.231. The lowest BCUT2D eigenvalue weighted by Gasteiger charge is -2.24. The van der Waals surface area contributed by atoms with Crippen LogP contribution in [0.1, 0.15) is 28.2 Å². The van der Waals surface area contributed by atoms with E-state index in [2.05, 4.69) is 4.98 Å². The molecule has 1 amide bonds. The van der Waals surface area contributed by atoms with Crippen LogP contribution in [0.25, 0.3) is 0 Å². The van der Waals surface area contributed by atoms with E-state index in [0.29, 0.717) is 0 Å². The first-order valence-electron chi connectivity index (χ1n) is 5.72. The molecule has 0 spiro atoms. The fourth-order valence-corrected chi connectivity index (χ4v) is 2.53. The van der Waals surface area contributed by atoms with Crippen molar-refractivity contribution in [3.05, 3.63) is 46.0 Å². The lowest BCUT2D eigenvalue weighted by molar-refractivity contribution is 0.0745. The summed E-state index contributed by atoms with van der Waals surface area (Å²) in [6.07, 6.45) is 0.995. The number of rotatable bonds is 3. The number of halogens is 1. The van der Waals surface area contributed by atoms with Gasteiger partial charge in [-0.15, -0.1) is 11.3 Å². The lowest BCUT2D eigenvalue weighted by Crippen LogP contribution is -2.30. The van der Waals surface area contributed by atoms with Crippen LogP contribution >= 0.6 is 11.3 Å². The maximum absolute atomic E-state index is 13.2. The van der Waals surface area contributed by atoms with Crippen molar-refractivity contribution in [3.8, 4) is 0 Å². The van der Waals surface area contributed by atoms with E-state index in [4.69, 9.17) is 5.73 Å². The van der Waals surface area contributed by atoms with E-state index in [1.165, 1.54) is 4.90 Å². The van der Waals surface area contributed by atoms with Gasteiger partial charge in [-0.2, -0.15) is 0 Å². The topological polar surface area (TPSA) is 59.2 Å². The standard InChI is InChI=1S/C13H14FN3OS/c1-8(11-4-3-5-19-11)17(2)13(18)10-6-9(14)7-16-12(10)15/h3-8H,1-2H3,(H2,15,16). The van der Waals surface area contributed by atoms with E-state index >= 15 is 0 Å². The number of anilines is 1. The van der Waals surface area contributed by atoms with Gasteiger partial charge in [-0.05, 0) is 24.4 Å². The predicted octanol–water partition coefficient (Wildman–Crippen LogP) is 2.70. The molecule has 2 aromatic heterocycles. The Morgan fingerprint density at radius 2 is 2.32 bits per heavy atom. The first-order valence-corrected chi connectivity index (χ1v) is 6.60. The summed E-state index contributed by atoms with van der Waals surface area (Å²) >= 11 is 1.56. The Balaban J connectivity index is 2.26. The molecule has 2 heterocycles. The van der Waals surface area contributed by atoms with Crippen molar-refractivity contribution < 1.29 is 9.18 Å². The minimum Gasteiger partial charge on any atom is -0.383 e. The zero-order chi connectivity index (χ0) is 14.0. The summed E-state index contributed by atoms with van der Waals surface area (Å²) in [5.41, 5.74) is 5.71. The third-order valence-electron chi connectivity index (χ3n) is 2.97. The van der Waals surface area contributed by atoms with E-state index in [0.717, 1.165) is 17.1 Å². The summed E-state index contributed by atoms with van der Waals surface area (Å²) in [4.78, 5) is 18.5. The zero-order valence-electron chi connectivity index (χ0n) is 10.6. The van der Waals surface area contributed by atoms with E-state index < -0.39 is 5.82 Å². The largest absolute Gasteiger partial charge is 0.383 e. The maximum Gasteiger partial charge on any atom is 0.257 e. The second-order valence-corrected chi connectivity index (χ2v) is 5.17. The summed E-state index contributed by atoms with van der Waals surface area (Å²) in [6.45, 7) is 1.91. The molecule has 4 nitrogen and oxygen atoms in total. The molecule has 0 bridgehead atoms.